The zero-order chi connectivity index (χ0) is 16.7. The Labute approximate surface area is 146 Å². The molecule has 0 saturated heterocycles. The van der Waals surface area contributed by atoms with Gasteiger partial charge in [-0.05, 0) is 60.5 Å². The molecule has 0 aliphatic heterocycles. The number of aromatic nitrogens is 2. The minimum Gasteiger partial charge on any atom is -0.326 e. The Morgan fingerprint density at radius 3 is 2.25 bits per heavy atom. The Hall–Kier alpha value is -2.18. The molecule has 1 aliphatic rings. The maximum atomic E-state index is 11.4. The van der Waals surface area contributed by atoms with Crippen molar-refractivity contribution >= 4 is 40.3 Å². The zero-order valence-electron chi connectivity index (χ0n) is 12.6. The first-order valence-corrected chi connectivity index (χ1v) is 8.78. The zero-order valence-corrected chi connectivity index (χ0v) is 14.1. The molecule has 24 heavy (non-hydrogen) atoms. The SMILES string of the molecule is O=c1[nH]c2cc(Cl)c(SNc3ccc(C4CC4)cc3)cc2[nH]c1=O. The van der Waals surface area contributed by atoms with Crippen molar-refractivity contribution in [3.63, 3.8) is 0 Å². The normalized spacial score (nSPS) is 14.0. The highest BCUT2D eigenvalue weighted by Gasteiger charge is 2.22. The van der Waals surface area contributed by atoms with Crippen molar-refractivity contribution < 1.29 is 0 Å². The number of aromatic amines is 2. The molecule has 1 aliphatic carbocycles. The van der Waals surface area contributed by atoms with Crippen molar-refractivity contribution in [3.05, 3.63) is 67.7 Å². The van der Waals surface area contributed by atoms with Gasteiger partial charge in [-0.2, -0.15) is 0 Å². The molecule has 122 valence electrons. The lowest BCUT2D eigenvalue weighted by Crippen LogP contribution is -2.28. The second-order valence-corrected chi connectivity index (χ2v) is 7.09. The molecule has 2 aromatic carbocycles. The molecule has 1 heterocycles. The Morgan fingerprint density at radius 1 is 1.00 bits per heavy atom. The number of benzene rings is 2. The largest absolute Gasteiger partial charge is 0.326 e. The van der Waals surface area contributed by atoms with Crippen LogP contribution < -0.4 is 15.8 Å². The number of halogens is 1. The maximum Gasteiger partial charge on any atom is 0.314 e. The summed E-state index contributed by atoms with van der Waals surface area (Å²) < 4.78 is 3.25. The predicted octanol–water partition coefficient (Wildman–Crippen LogP) is 3.87. The molecule has 3 aromatic rings. The Morgan fingerprint density at radius 2 is 1.62 bits per heavy atom. The van der Waals surface area contributed by atoms with E-state index < -0.39 is 11.1 Å². The maximum absolute atomic E-state index is 11.4. The van der Waals surface area contributed by atoms with Gasteiger partial charge >= 0.3 is 11.1 Å². The van der Waals surface area contributed by atoms with Crippen molar-refractivity contribution in [2.75, 3.05) is 4.72 Å². The van der Waals surface area contributed by atoms with Gasteiger partial charge in [-0.1, -0.05) is 23.7 Å². The summed E-state index contributed by atoms with van der Waals surface area (Å²) in [5, 5.41) is 0.497. The van der Waals surface area contributed by atoms with Crippen LogP contribution in [0, 0.1) is 0 Å². The lowest BCUT2D eigenvalue weighted by molar-refractivity contribution is 1.13. The quantitative estimate of drug-likeness (QED) is 0.488. The molecule has 3 N–H and O–H groups in total. The first-order chi connectivity index (χ1) is 11.6. The van der Waals surface area contributed by atoms with Crippen LogP contribution in [0.5, 0.6) is 0 Å². The van der Waals surface area contributed by atoms with Crippen LogP contribution >= 0.6 is 23.5 Å². The van der Waals surface area contributed by atoms with Gasteiger partial charge in [0.15, 0.2) is 0 Å². The van der Waals surface area contributed by atoms with E-state index >= 15 is 0 Å². The van der Waals surface area contributed by atoms with Gasteiger partial charge in [-0.15, -0.1) is 0 Å². The fraction of sp³-hybridized carbons (Fsp3) is 0.176. The van der Waals surface area contributed by atoms with Crippen LogP contribution in [-0.2, 0) is 0 Å². The van der Waals surface area contributed by atoms with Gasteiger partial charge in [-0.25, -0.2) is 0 Å². The standard InChI is InChI=1S/C17H14ClN3O2S/c18-12-7-13-14(20-17(23)16(22)19-13)8-15(12)24-21-11-5-3-10(4-6-11)9-1-2-9/h3-9,21H,1-2H2,(H,19,22)(H,20,23). The van der Waals surface area contributed by atoms with Gasteiger partial charge in [0.2, 0.25) is 0 Å². The molecule has 1 aromatic heterocycles. The van der Waals surface area contributed by atoms with Gasteiger partial charge in [0.25, 0.3) is 0 Å². The summed E-state index contributed by atoms with van der Waals surface area (Å²) in [5.41, 5.74) is 2.05. The summed E-state index contributed by atoms with van der Waals surface area (Å²) in [6, 6.07) is 11.8. The van der Waals surface area contributed by atoms with Crippen LogP contribution in [0.25, 0.3) is 11.0 Å². The number of nitrogens with one attached hydrogen (secondary N) is 3. The van der Waals surface area contributed by atoms with Crippen LogP contribution in [0.4, 0.5) is 5.69 Å². The highest BCUT2D eigenvalue weighted by atomic mass is 35.5. The summed E-state index contributed by atoms with van der Waals surface area (Å²) in [4.78, 5) is 28.6. The monoisotopic (exact) mass is 359 g/mol. The Kier molecular flexibility index (Phi) is 3.86. The summed E-state index contributed by atoms with van der Waals surface area (Å²) in [7, 11) is 0. The highest BCUT2D eigenvalue weighted by molar-refractivity contribution is 8.00. The molecule has 0 spiro atoms. The van der Waals surface area contributed by atoms with E-state index in [9.17, 15) is 9.59 Å². The highest BCUT2D eigenvalue weighted by Crippen LogP contribution is 2.40. The van der Waals surface area contributed by atoms with Crippen LogP contribution in [0.2, 0.25) is 5.02 Å². The number of hydrogen-bond acceptors (Lipinski definition) is 4. The Bertz CT molecular complexity index is 1020. The minimum absolute atomic E-state index is 0.497. The van der Waals surface area contributed by atoms with E-state index in [-0.39, 0.29) is 0 Å². The van der Waals surface area contributed by atoms with Gasteiger partial charge in [0.05, 0.1) is 16.1 Å². The smallest absolute Gasteiger partial charge is 0.314 e. The molecule has 5 nitrogen and oxygen atoms in total. The molecule has 0 unspecified atom stereocenters. The second-order valence-electron chi connectivity index (χ2n) is 5.84. The first-order valence-electron chi connectivity index (χ1n) is 7.59. The Balaban J connectivity index is 1.57. The first kappa shape index (κ1) is 15.4. The third kappa shape index (κ3) is 3.07. The van der Waals surface area contributed by atoms with E-state index in [0.29, 0.717) is 16.1 Å². The van der Waals surface area contributed by atoms with Gasteiger partial charge in [-0.3, -0.25) is 9.59 Å². The van der Waals surface area contributed by atoms with Crippen molar-refractivity contribution in [1.82, 2.24) is 9.97 Å². The number of hydrogen-bond donors (Lipinski definition) is 3. The molecule has 0 atom stereocenters. The van der Waals surface area contributed by atoms with E-state index in [4.69, 9.17) is 11.6 Å². The lowest BCUT2D eigenvalue weighted by atomic mass is 10.1. The summed E-state index contributed by atoms with van der Waals surface area (Å²) in [6.45, 7) is 0. The minimum atomic E-state index is -0.687. The summed E-state index contributed by atoms with van der Waals surface area (Å²) in [6.07, 6.45) is 2.57. The fourth-order valence-corrected chi connectivity index (χ4v) is 3.53. The fourth-order valence-electron chi connectivity index (χ4n) is 2.55. The van der Waals surface area contributed by atoms with E-state index in [1.54, 1.807) is 12.1 Å². The van der Waals surface area contributed by atoms with E-state index in [0.717, 1.165) is 16.5 Å². The third-order valence-corrected chi connectivity index (χ3v) is 5.33. The number of rotatable bonds is 4. The topological polar surface area (TPSA) is 77.8 Å². The van der Waals surface area contributed by atoms with E-state index in [1.165, 1.54) is 30.4 Å². The molecular formula is C17H14ClN3O2S. The second kappa shape index (κ2) is 6.03. The van der Waals surface area contributed by atoms with Crippen molar-refractivity contribution in [3.8, 4) is 0 Å². The van der Waals surface area contributed by atoms with Crippen molar-refractivity contribution in [2.24, 2.45) is 0 Å². The van der Waals surface area contributed by atoms with Crippen molar-refractivity contribution in [2.45, 2.75) is 23.7 Å². The van der Waals surface area contributed by atoms with Crippen LogP contribution in [0.1, 0.15) is 24.3 Å². The molecule has 0 bridgehead atoms. The number of fused-ring (bicyclic) bond motifs is 1. The van der Waals surface area contributed by atoms with E-state index in [1.807, 2.05) is 0 Å². The molecule has 4 rings (SSSR count). The summed E-state index contributed by atoms with van der Waals surface area (Å²) >= 11 is 7.62. The van der Waals surface area contributed by atoms with Crippen LogP contribution in [-0.4, -0.2) is 9.97 Å². The van der Waals surface area contributed by atoms with Crippen LogP contribution in [0.15, 0.2) is 50.9 Å². The molecule has 0 amide bonds. The molecule has 7 heteroatoms. The number of anilines is 1. The van der Waals surface area contributed by atoms with Crippen molar-refractivity contribution in [1.29, 1.82) is 0 Å². The van der Waals surface area contributed by atoms with Gasteiger partial charge < -0.3 is 14.7 Å². The summed E-state index contributed by atoms with van der Waals surface area (Å²) in [5.74, 6) is 0.737. The van der Waals surface area contributed by atoms with Crippen LogP contribution in [0.3, 0.4) is 0 Å². The number of H-pyrrole nitrogens is 2. The predicted molar refractivity (Wildman–Crippen MR) is 98.1 cm³/mol. The molecule has 1 saturated carbocycles. The van der Waals surface area contributed by atoms with Gasteiger partial charge in [0, 0.05) is 10.6 Å². The molecule has 0 radical (unpaired) electrons. The molecule has 1 fully saturated rings. The lowest BCUT2D eigenvalue weighted by Gasteiger charge is -2.09. The third-order valence-electron chi connectivity index (χ3n) is 4.01. The molecular weight excluding hydrogens is 346 g/mol. The average Bonchev–Trinajstić information content (AvgIpc) is 3.40. The average molecular weight is 360 g/mol. The van der Waals surface area contributed by atoms with E-state index in [2.05, 4.69) is 39.0 Å². The van der Waals surface area contributed by atoms with Gasteiger partial charge in [0.1, 0.15) is 0 Å².